The van der Waals surface area contributed by atoms with Gasteiger partial charge in [-0.25, -0.2) is 0 Å². The fraction of sp³-hybridized carbons (Fsp3) is 0.130. The highest BCUT2D eigenvalue weighted by Crippen LogP contribution is 2.52. The minimum atomic E-state index is -1.57. The summed E-state index contributed by atoms with van der Waals surface area (Å²) < 4.78 is 0. The molecule has 4 aromatic rings. The van der Waals surface area contributed by atoms with Crippen molar-refractivity contribution in [2.45, 2.75) is 19.3 Å². The van der Waals surface area contributed by atoms with Crippen LogP contribution in [-0.2, 0) is 5.41 Å². The third-order valence-corrected chi connectivity index (χ3v) is 6.31. The second-order valence-electron chi connectivity index (χ2n) is 8.24. The second-order valence-corrected chi connectivity index (χ2v) is 8.24. The van der Waals surface area contributed by atoms with Crippen molar-refractivity contribution in [3.05, 3.63) is 71.8 Å². The molecule has 0 aromatic heterocycles. The standard InChI is InChI=1S/C23H20B2O4/c1-23(2)17-11-19(24(26)27)13-7-3-5-9-15(13)21(17)22-16-10-6-4-8-14(16)20(25(28)29)12-18(22)23/h3-12,26-29H,1-2H3. The van der Waals surface area contributed by atoms with Crippen LogP contribution >= 0.6 is 0 Å². The third kappa shape index (κ3) is 2.44. The van der Waals surface area contributed by atoms with Gasteiger partial charge in [-0.15, -0.1) is 0 Å². The molecule has 29 heavy (non-hydrogen) atoms. The number of rotatable bonds is 2. The Bertz CT molecular complexity index is 1200. The van der Waals surface area contributed by atoms with E-state index in [4.69, 9.17) is 0 Å². The molecule has 0 spiro atoms. The molecular weight excluding hydrogens is 362 g/mol. The van der Waals surface area contributed by atoms with Crippen molar-refractivity contribution in [3.63, 3.8) is 0 Å². The summed E-state index contributed by atoms with van der Waals surface area (Å²) in [4.78, 5) is 0. The molecule has 142 valence electrons. The fourth-order valence-electron chi connectivity index (χ4n) is 4.90. The zero-order chi connectivity index (χ0) is 20.5. The lowest BCUT2D eigenvalue weighted by Gasteiger charge is -2.23. The molecule has 0 radical (unpaired) electrons. The maximum Gasteiger partial charge on any atom is 0.489 e. The van der Waals surface area contributed by atoms with Gasteiger partial charge in [-0.1, -0.05) is 74.5 Å². The monoisotopic (exact) mass is 382 g/mol. The number of fused-ring (bicyclic) bond motifs is 7. The number of hydrogen-bond donors (Lipinski definition) is 4. The van der Waals surface area contributed by atoms with E-state index in [-0.39, 0.29) is 0 Å². The van der Waals surface area contributed by atoms with E-state index >= 15 is 0 Å². The van der Waals surface area contributed by atoms with Gasteiger partial charge in [0.2, 0.25) is 0 Å². The van der Waals surface area contributed by atoms with Crippen molar-refractivity contribution in [2.24, 2.45) is 0 Å². The minimum Gasteiger partial charge on any atom is -0.423 e. The van der Waals surface area contributed by atoms with Gasteiger partial charge in [-0.05, 0) is 54.7 Å². The highest BCUT2D eigenvalue weighted by atomic mass is 16.4. The lowest BCUT2D eigenvalue weighted by Crippen LogP contribution is -2.33. The van der Waals surface area contributed by atoms with E-state index in [1.165, 1.54) is 0 Å². The first kappa shape index (κ1) is 18.4. The van der Waals surface area contributed by atoms with Crippen LogP contribution in [0.15, 0.2) is 60.7 Å². The molecule has 0 amide bonds. The van der Waals surface area contributed by atoms with Crippen LogP contribution in [0.5, 0.6) is 0 Å². The van der Waals surface area contributed by atoms with E-state index < -0.39 is 19.7 Å². The average Bonchev–Trinajstić information content (AvgIpc) is 2.94. The Hall–Kier alpha value is -2.63. The topological polar surface area (TPSA) is 80.9 Å². The van der Waals surface area contributed by atoms with Gasteiger partial charge in [0.05, 0.1) is 0 Å². The summed E-state index contributed by atoms with van der Waals surface area (Å²) in [7, 11) is -3.15. The number of hydrogen-bond acceptors (Lipinski definition) is 4. The summed E-state index contributed by atoms with van der Waals surface area (Å²) in [5, 5.41) is 43.6. The van der Waals surface area contributed by atoms with Crippen LogP contribution in [0.4, 0.5) is 0 Å². The van der Waals surface area contributed by atoms with E-state index in [0.717, 1.165) is 43.8 Å². The maximum absolute atomic E-state index is 10.0. The molecule has 1 aliphatic carbocycles. The molecule has 0 saturated heterocycles. The molecule has 0 atom stereocenters. The van der Waals surface area contributed by atoms with Crippen LogP contribution in [0.3, 0.4) is 0 Å². The first-order valence-corrected chi connectivity index (χ1v) is 9.67. The summed E-state index contributed by atoms with van der Waals surface area (Å²) in [6, 6.07) is 19.3. The first-order valence-electron chi connectivity index (χ1n) is 9.67. The Kier molecular flexibility index (Phi) is 3.92. The highest BCUT2D eigenvalue weighted by Gasteiger charge is 2.40. The Labute approximate surface area is 169 Å². The molecule has 6 heteroatoms. The largest absolute Gasteiger partial charge is 0.489 e. The predicted molar refractivity (Wildman–Crippen MR) is 119 cm³/mol. The number of benzene rings is 4. The summed E-state index contributed by atoms with van der Waals surface area (Å²) in [5.41, 5.74) is 4.67. The lowest BCUT2D eigenvalue weighted by molar-refractivity contribution is 0.425. The van der Waals surface area contributed by atoms with Crippen molar-refractivity contribution >= 4 is 46.7 Å². The van der Waals surface area contributed by atoms with Crippen LogP contribution in [0, 0.1) is 0 Å². The van der Waals surface area contributed by atoms with Gasteiger partial charge in [0.25, 0.3) is 0 Å². The Morgan fingerprint density at radius 1 is 0.586 bits per heavy atom. The molecular formula is C23H20B2O4. The smallest absolute Gasteiger partial charge is 0.423 e. The van der Waals surface area contributed by atoms with Crippen molar-refractivity contribution in [3.8, 4) is 11.1 Å². The average molecular weight is 382 g/mol. The molecule has 4 aromatic carbocycles. The second kappa shape index (κ2) is 6.18. The van der Waals surface area contributed by atoms with E-state index in [2.05, 4.69) is 13.8 Å². The van der Waals surface area contributed by atoms with Crippen molar-refractivity contribution < 1.29 is 20.1 Å². The normalized spacial score (nSPS) is 14.1. The SMILES string of the molecule is CC1(C)c2cc(B(O)O)c3ccccc3c2-c2c1cc(B(O)O)c1ccccc21. The third-order valence-electron chi connectivity index (χ3n) is 6.31. The molecule has 4 nitrogen and oxygen atoms in total. The van der Waals surface area contributed by atoms with Gasteiger partial charge in [0.1, 0.15) is 0 Å². The summed E-state index contributed by atoms with van der Waals surface area (Å²) >= 11 is 0. The molecule has 0 saturated carbocycles. The van der Waals surface area contributed by atoms with E-state index in [1.54, 1.807) is 0 Å². The van der Waals surface area contributed by atoms with E-state index in [9.17, 15) is 20.1 Å². The van der Waals surface area contributed by atoms with Gasteiger partial charge < -0.3 is 20.1 Å². The van der Waals surface area contributed by atoms with Crippen molar-refractivity contribution in [1.29, 1.82) is 0 Å². The van der Waals surface area contributed by atoms with E-state index in [1.807, 2.05) is 60.7 Å². The van der Waals surface area contributed by atoms with Gasteiger partial charge in [-0.3, -0.25) is 0 Å². The molecule has 0 unspecified atom stereocenters. The zero-order valence-corrected chi connectivity index (χ0v) is 16.2. The summed E-state index contributed by atoms with van der Waals surface area (Å²) in [6.07, 6.45) is 0. The van der Waals surface area contributed by atoms with Crippen LogP contribution in [0.25, 0.3) is 32.7 Å². The Morgan fingerprint density at radius 2 is 0.931 bits per heavy atom. The molecule has 0 aliphatic heterocycles. The van der Waals surface area contributed by atoms with Crippen LogP contribution in [0.2, 0.25) is 0 Å². The fourth-order valence-corrected chi connectivity index (χ4v) is 4.90. The van der Waals surface area contributed by atoms with Gasteiger partial charge in [0.15, 0.2) is 0 Å². The van der Waals surface area contributed by atoms with E-state index in [0.29, 0.717) is 10.9 Å². The first-order chi connectivity index (χ1) is 13.8. The Morgan fingerprint density at radius 3 is 1.28 bits per heavy atom. The predicted octanol–water partition coefficient (Wildman–Crippen LogP) is 1.66. The molecule has 5 rings (SSSR count). The highest BCUT2D eigenvalue weighted by molar-refractivity contribution is 6.63. The van der Waals surface area contributed by atoms with Crippen molar-refractivity contribution in [1.82, 2.24) is 0 Å². The molecule has 0 bridgehead atoms. The maximum atomic E-state index is 10.0. The van der Waals surface area contributed by atoms with Crippen LogP contribution in [-0.4, -0.2) is 34.3 Å². The van der Waals surface area contributed by atoms with Crippen LogP contribution < -0.4 is 10.9 Å². The van der Waals surface area contributed by atoms with Crippen molar-refractivity contribution in [2.75, 3.05) is 0 Å². The zero-order valence-electron chi connectivity index (χ0n) is 16.2. The summed E-state index contributed by atoms with van der Waals surface area (Å²) in [5.74, 6) is 0. The van der Waals surface area contributed by atoms with Gasteiger partial charge in [-0.2, -0.15) is 0 Å². The molecule has 0 heterocycles. The van der Waals surface area contributed by atoms with Gasteiger partial charge >= 0.3 is 14.2 Å². The van der Waals surface area contributed by atoms with Crippen LogP contribution in [0.1, 0.15) is 25.0 Å². The molecule has 4 N–H and O–H groups in total. The Balaban J connectivity index is 2.02. The lowest BCUT2D eigenvalue weighted by atomic mass is 9.71. The summed E-state index contributed by atoms with van der Waals surface area (Å²) in [6.45, 7) is 4.17. The molecule has 0 fully saturated rings. The minimum absolute atomic E-state index is 0.438. The molecule has 1 aliphatic rings. The quantitative estimate of drug-likeness (QED) is 0.398. The van der Waals surface area contributed by atoms with Gasteiger partial charge in [0, 0.05) is 5.41 Å².